The van der Waals surface area contributed by atoms with E-state index in [-0.39, 0.29) is 23.5 Å². The average Bonchev–Trinajstić information content (AvgIpc) is 2.87. The van der Waals surface area contributed by atoms with Gasteiger partial charge in [-0.1, -0.05) is 0 Å². The monoisotopic (exact) mass is 315 g/mol. The highest BCUT2D eigenvalue weighted by atomic mass is 16.5. The SMILES string of the molecule is O=C1CCC(Nc2ccc3c(c2)CC2(CCNCC2)O3)C(=O)N1. The van der Waals surface area contributed by atoms with E-state index >= 15 is 0 Å². The van der Waals surface area contributed by atoms with E-state index in [1.165, 1.54) is 5.56 Å². The predicted octanol–water partition coefficient (Wildman–Crippen LogP) is 0.961. The molecule has 2 amide bonds. The molecule has 3 heterocycles. The summed E-state index contributed by atoms with van der Waals surface area (Å²) in [5, 5.41) is 8.99. The Morgan fingerprint density at radius 2 is 2.04 bits per heavy atom. The molecule has 0 bridgehead atoms. The smallest absolute Gasteiger partial charge is 0.249 e. The van der Waals surface area contributed by atoms with E-state index < -0.39 is 0 Å². The molecule has 0 aliphatic carbocycles. The standard InChI is InChI=1S/C17H21N3O3/c21-15-4-2-13(16(22)20-15)19-12-1-3-14-11(9-12)10-17(23-14)5-7-18-8-6-17/h1,3,9,13,18-19H,2,4-8,10H2,(H,20,21,22). The fourth-order valence-electron chi connectivity index (χ4n) is 3.72. The first-order valence-corrected chi connectivity index (χ1v) is 8.27. The Bertz CT molecular complexity index is 652. The Morgan fingerprint density at radius 3 is 2.83 bits per heavy atom. The van der Waals surface area contributed by atoms with E-state index in [0.717, 1.165) is 43.8 Å². The molecule has 23 heavy (non-hydrogen) atoms. The van der Waals surface area contributed by atoms with Gasteiger partial charge in [-0.3, -0.25) is 14.9 Å². The highest BCUT2D eigenvalue weighted by Crippen LogP contribution is 2.41. The molecule has 1 atom stereocenters. The lowest BCUT2D eigenvalue weighted by Gasteiger charge is -2.33. The van der Waals surface area contributed by atoms with Gasteiger partial charge in [0.2, 0.25) is 11.8 Å². The Morgan fingerprint density at radius 1 is 1.22 bits per heavy atom. The van der Waals surface area contributed by atoms with Crippen molar-refractivity contribution in [1.29, 1.82) is 0 Å². The van der Waals surface area contributed by atoms with Crippen LogP contribution in [0.5, 0.6) is 5.75 Å². The van der Waals surface area contributed by atoms with Crippen molar-refractivity contribution < 1.29 is 14.3 Å². The quantitative estimate of drug-likeness (QED) is 0.709. The summed E-state index contributed by atoms with van der Waals surface area (Å²) in [4.78, 5) is 23.1. The molecule has 0 radical (unpaired) electrons. The lowest BCUT2D eigenvalue weighted by Crippen LogP contribution is -2.47. The number of amides is 2. The molecule has 122 valence electrons. The van der Waals surface area contributed by atoms with Gasteiger partial charge in [-0.05, 0) is 50.6 Å². The van der Waals surface area contributed by atoms with Crippen LogP contribution in [-0.2, 0) is 16.0 Å². The number of anilines is 1. The number of hydrogen-bond donors (Lipinski definition) is 3. The van der Waals surface area contributed by atoms with Crippen LogP contribution < -0.4 is 20.7 Å². The van der Waals surface area contributed by atoms with Crippen LogP contribution in [0.1, 0.15) is 31.2 Å². The first-order valence-electron chi connectivity index (χ1n) is 8.27. The number of imide groups is 1. The molecule has 1 unspecified atom stereocenters. The summed E-state index contributed by atoms with van der Waals surface area (Å²) in [5.41, 5.74) is 2.05. The third-order valence-corrected chi connectivity index (χ3v) is 4.99. The molecule has 6 heteroatoms. The molecule has 3 N–H and O–H groups in total. The second-order valence-corrected chi connectivity index (χ2v) is 6.68. The number of benzene rings is 1. The van der Waals surface area contributed by atoms with Crippen molar-refractivity contribution in [3.63, 3.8) is 0 Å². The summed E-state index contributed by atoms with van der Waals surface area (Å²) in [6.07, 6.45) is 3.89. The Labute approximate surface area is 135 Å². The van der Waals surface area contributed by atoms with E-state index in [1.54, 1.807) is 0 Å². The lowest BCUT2D eigenvalue weighted by atomic mass is 9.88. The van der Waals surface area contributed by atoms with Crippen LogP contribution in [0.15, 0.2) is 18.2 Å². The minimum Gasteiger partial charge on any atom is -0.487 e. The van der Waals surface area contributed by atoms with Crippen molar-refractivity contribution in [2.24, 2.45) is 0 Å². The fourth-order valence-corrected chi connectivity index (χ4v) is 3.72. The summed E-state index contributed by atoms with van der Waals surface area (Å²) in [6.45, 7) is 1.99. The third-order valence-electron chi connectivity index (χ3n) is 4.99. The van der Waals surface area contributed by atoms with E-state index in [4.69, 9.17) is 4.74 Å². The summed E-state index contributed by atoms with van der Waals surface area (Å²) in [5.74, 6) is 0.525. The van der Waals surface area contributed by atoms with E-state index in [1.807, 2.05) is 12.1 Å². The zero-order valence-corrected chi connectivity index (χ0v) is 13.0. The molecule has 4 rings (SSSR count). The number of rotatable bonds is 2. The normalized spacial score (nSPS) is 25.7. The van der Waals surface area contributed by atoms with Crippen molar-refractivity contribution in [2.75, 3.05) is 18.4 Å². The maximum Gasteiger partial charge on any atom is 0.249 e. The molecular formula is C17H21N3O3. The Balaban J connectivity index is 1.48. The summed E-state index contributed by atoms with van der Waals surface area (Å²) in [6, 6.07) is 5.67. The molecule has 0 aromatic heterocycles. The van der Waals surface area contributed by atoms with Gasteiger partial charge in [-0.25, -0.2) is 0 Å². The van der Waals surface area contributed by atoms with Gasteiger partial charge in [0.05, 0.1) is 0 Å². The maximum atomic E-state index is 11.9. The predicted molar refractivity (Wildman–Crippen MR) is 85.4 cm³/mol. The second kappa shape index (κ2) is 5.53. The van der Waals surface area contributed by atoms with Crippen LogP contribution in [-0.4, -0.2) is 36.5 Å². The van der Waals surface area contributed by atoms with Crippen LogP contribution in [0, 0.1) is 0 Å². The number of ether oxygens (including phenoxy) is 1. The van der Waals surface area contributed by atoms with Crippen LogP contribution in [0.4, 0.5) is 5.69 Å². The topological polar surface area (TPSA) is 79.5 Å². The van der Waals surface area contributed by atoms with Gasteiger partial charge in [0, 0.05) is 24.1 Å². The van der Waals surface area contributed by atoms with Crippen molar-refractivity contribution in [2.45, 2.75) is 43.7 Å². The number of carbonyl (C=O) groups is 2. The van der Waals surface area contributed by atoms with Gasteiger partial charge >= 0.3 is 0 Å². The highest BCUT2D eigenvalue weighted by Gasteiger charge is 2.40. The summed E-state index contributed by atoms with van der Waals surface area (Å²) < 4.78 is 6.22. The molecule has 2 fully saturated rings. The van der Waals surface area contributed by atoms with Crippen molar-refractivity contribution in [3.8, 4) is 5.75 Å². The molecule has 3 aliphatic rings. The first kappa shape index (κ1) is 14.5. The van der Waals surface area contributed by atoms with E-state index in [0.29, 0.717) is 12.8 Å². The van der Waals surface area contributed by atoms with Crippen molar-refractivity contribution in [3.05, 3.63) is 23.8 Å². The van der Waals surface area contributed by atoms with Crippen molar-refractivity contribution >= 4 is 17.5 Å². The number of hydrogen-bond acceptors (Lipinski definition) is 5. The summed E-state index contributed by atoms with van der Waals surface area (Å²) in [7, 11) is 0. The van der Waals surface area contributed by atoms with Gasteiger partial charge < -0.3 is 15.4 Å². The minimum absolute atomic E-state index is 0.0547. The lowest BCUT2D eigenvalue weighted by molar-refractivity contribution is -0.133. The molecule has 1 spiro atoms. The fraction of sp³-hybridized carbons (Fsp3) is 0.529. The van der Waals surface area contributed by atoms with Gasteiger partial charge in [0.1, 0.15) is 17.4 Å². The van der Waals surface area contributed by atoms with Crippen LogP contribution in [0.25, 0.3) is 0 Å². The summed E-state index contributed by atoms with van der Waals surface area (Å²) >= 11 is 0. The number of piperidine rings is 2. The van der Waals surface area contributed by atoms with Gasteiger partial charge in [-0.15, -0.1) is 0 Å². The molecule has 6 nitrogen and oxygen atoms in total. The largest absolute Gasteiger partial charge is 0.487 e. The van der Waals surface area contributed by atoms with Crippen LogP contribution in [0.3, 0.4) is 0 Å². The molecule has 1 aromatic rings. The average molecular weight is 315 g/mol. The highest BCUT2D eigenvalue weighted by molar-refractivity contribution is 6.01. The second-order valence-electron chi connectivity index (χ2n) is 6.68. The van der Waals surface area contributed by atoms with Crippen LogP contribution in [0.2, 0.25) is 0 Å². The number of fused-ring (bicyclic) bond motifs is 1. The van der Waals surface area contributed by atoms with E-state index in [2.05, 4.69) is 22.0 Å². The van der Waals surface area contributed by atoms with Gasteiger partial charge in [0.15, 0.2) is 0 Å². The minimum atomic E-state index is -0.346. The molecule has 2 saturated heterocycles. The molecule has 0 saturated carbocycles. The maximum absolute atomic E-state index is 11.9. The molecule has 1 aromatic carbocycles. The van der Waals surface area contributed by atoms with Crippen LogP contribution >= 0.6 is 0 Å². The zero-order valence-electron chi connectivity index (χ0n) is 13.0. The number of carbonyl (C=O) groups excluding carboxylic acids is 2. The van der Waals surface area contributed by atoms with Gasteiger partial charge in [-0.2, -0.15) is 0 Å². The zero-order chi connectivity index (χ0) is 15.9. The van der Waals surface area contributed by atoms with E-state index in [9.17, 15) is 9.59 Å². The Hall–Kier alpha value is -2.08. The molecule has 3 aliphatic heterocycles. The van der Waals surface area contributed by atoms with Crippen molar-refractivity contribution in [1.82, 2.24) is 10.6 Å². The third kappa shape index (κ3) is 2.79. The van der Waals surface area contributed by atoms with Gasteiger partial charge in [0.25, 0.3) is 0 Å². The Kier molecular flexibility index (Phi) is 3.49. The number of nitrogens with one attached hydrogen (secondary N) is 3. The molecular weight excluding hydrogens is 294 g/mol. The first-order chi connectivity index (χ1) is 11.1.